The van der Waals surface area contributed by atoms with Crippen molar-refractivity contribution in [2.45, 2.75) is 32.7 Å². The number of halogens is 1. The molecule has 1 fully saturated rings. The number of carbonyl (C=O) groups is 2. The van der Waals surface area contributed by atoms with Crippen molar-refractivity contribution in [3.8, 4) is 0 Å². The third-order valence-corrected chi connectivity index (χ3v) is 4.99. The molecule has 3 amide bonds. The fourth-order valence-electron chi connectivity index (χ4n) is 2.95. The minimum Gasteiger partial charge on any atom is -0.341 e. The van der Waals surface area contributed by atoms with Crippen LogP contribution in [-0.2, 0) is 6.54 Å². The highest BCUT2D eigenvalue weighted by Crippen LogP contribution is 2.16. The van der Waals surface area contributed by atoms with Crippen LogP contribution in [0.15, 0.2) is 48.5 Å². The maximum atomic E-state index is 11.9. The lowest BCUT2D eigenvalue weighted by Gasteiger charge is -2.26. The van der Waals surface area contributed by atoms with Gasteiger partial charge in [-0.2, -0.15) is 0 Å². The zero-order chi connectivity index (χ0) is 20.4. The number of carbonyl (C=O) groups excluding carboxylic acids is 2. The second-order valence-electron chi connectivity index (χ2n) is 6.74. The van der Waals surface area contributed by atoms with Gasteiger partial charge in [0.25, 0.3) is 5.91 Å². The number of benzene rings is 2. The Morgan fingerprint density at radius 1 is 1.04 bits per heavy atom. The van der Waals surface area contributed by atoms with Crippen molar-refractivity contribution < 1.29 is 9.59 Å². The summed E-state index contributed by atoms with van der Waals surface area (Å²) in [4.78, 5) is 24.8. The first-order valence-electron chi connectivity index (χ1n) is 9.56. The topological polar surface area (TPSA) is 61.4 Å². The van der Waals surface area contributed by atoms with Crippen molar-refractivity contribution in [1.29, 1.82) is 0 Å². The number of aryl methyl sites for hydroxylation is 1. The summed E-state index contributed by atoms with van der Waals surface area (Å²) in [6.07, 6.45) is 3.57. The van der Waals surface area contributed by atoms with Crippen molar-refractivity contribution in [2.75, 3.05) is 20.1 Å². The van der Waals surface area contributed by atoms with Gasteiger partial charge >= 0.3 is 6.03 Å². The molecule has 0 saturated carbocycles. The van der Waals surface area contributed by atoms with E-state index in [2.05, 4.69) is 10.6 Å². The summed E-state index contributed by atoms with van der Waals surface area (Å²) in [6.45, 7) is 4.30. The summed E-state index contributed by atoms with van der Waals surface area (Å²) in [6, 6.07) is 15.0. The van der Waals surface area contributed by atoms with Crippen molar-refractivity contribution in [3.63, 3.8) is 0 Å². The van der Waals surface area contributed by atoms with Crippen LogP contribution in [0.5, 0.6) is 0 Å². The van der Waals surface area contributed by atoms with Gasteiger partial charge in [-0.05, 0) is 55.5 Å². The van der Waals surface area contributed by atoms with E-state index in [-0.39, 0.29) is 11.9 Å². The van der Waals surface area contributed by atoms with Crippen molar-refractivity contribution in [2.24, 2.45) is 0 Å². The van der Waals surface area contributed by atoms with Crippen LogP contribution in [0.2, 0.25) is 5.02 Å². The number of amides is 3. The average Bonchev–Trinajstić information content (AvgIpc) is 2.75. The Labute approximate surface area is 172 Å². The normalized spacial score (nSPS) is 13.2. The van der Waals surface area contributed by atoms with Gasteiger partial charge in [0, 0.05) is 37.3 Å². The van der Waals surface area contributed by atoms with Crippen LogP contribution < -0.4 is 10.6 Å². The van der Waals surface area contributed by atoms with E-state index in [0.29, 0.717) is 6.54 Å². The van der Waals surface area contributed by atoms with E-state index in [4.69, 9.17) is 11.6 Å². The van der Waals surface area contributed by atoms with Crippen molar-refractivity contribution in [3.05, 3.63) is 70.2 Å². The van der Waals surface area contributed by atoms with Crippen molar-refractivity contribution in [1.82, 2.24) is 15.5 Å². The monoisotopic (exact) mass is 401 g/mol. The van der Waals surface area contributed by atoms with Gasteiger partial charge in [0.15, 0.2) is 0 Å². The molecule has 2 aromatic carbocycles. The lowest BCUT2D eigenvalue weighted by molar-refractivity contribution is 0.0724. The van der Waals surface area contributed by atoms with Gasteiger partial charge in [0.2, 0.25) is 0 Å². The molecule has 150 valence electrons. The molecule has 1 aliphatic rings. The zero-order valence-electron chi connectivity index (χ0n) is 16.5. The Morgan fingerprint density at radius 2 is 1.71 bits per heavy atom. The maximum absolute atomic E-state index is 11.9. The lowest BCUT2D eigenvalue weighted by Crippen LogP contribution is -2.35. The molecule has 2 aromatic rings. The number of hydrogen-bond acceptors (Lipinski definition) is 2. The molecule has 0 bridgehead atoms. The summed E-state index contributed by atoms with van der Waals surface area (Å²) < 4.78 is 0. The number of rotatable bonds is 3. The molecule has 1 saturated heterocycles. The molecule has 0 spiro atoms. The van der Waals surface area contributed by atoms with Gasteiger partial charge in [-0.15, -0.1) is 0 Å². The predicted octanol–water partition coefficient (Wildman–Crippen LogP) is 4.39. The number of likely N-dealkylation sites (tertiary alicyclic amines) is 1. The Hall–Kier alpha value is -2.53. The van der Waals surface area contributed by atoms with E-state index >= 15 is 0 Å². The van der Waals surface area contributed by atoms with Gasteiger partial charge in [-0.25, -0.2) is 4.79 Å². The smallest absolute Gasteiger partial charge is 0.314 e. The van der Waals surface area contributed by atoms with Gasteiger partial charge in [-0.3, -0.25) is 4.79 Å². The van der Waals surface area contributed by atoms with E-state index in [1.54, 1.807) is 7.05 Å². The fourth-order valence-corrected chi connectivity index (χ4v) is 3.07. The van der Waals surface area contributed by atoms with Crippen LogP contribution in [0.25, 0.3) is 0 Å². The molecule has 0 aliphatic carbocycles. The van der Waals surface area contributed by atoms with Crippen LogP contribution in [0.1, 0.15) is 40.7 Å². The summed E-state index contributed by atoms with van der Waals surface area (Å²) in [5.74, 6) is 0.185. The largest absolute Gasteiger partial charge is 0.341 e. The highest BCUT2D eigenvalue weighted by molar-refractivity contribution is 6.31. The number of nitrogens with zero attached hydrogens (tertiary/aromatic N) is 1. The van der Waals surface area contributed by atoms with Crippen LogP contribution in [0, 0.1) is 6.92 Å². The number of nitrogens with one attached hydrogen (secondary N) is 2. The first kappa shape index (κ1) is 21.8. The fraction of sp³-hybridized carbons (Fsp3) is 0.364. The Bertz CT molecular complexity index is 775. The van der Waals surface area contributed by atoms with Gasteiger partial charge < -0.3 is 15.5 Å². The highest BCUT2D eigenvalue weighted by Gasteiger charge is 2.17. The van der Waals surface area contributed by atoms with E-state index in [1.165, 1.54) is 6.42 Å². The molecular formula is C22H28ClN3O2. The molecule has 0 unspecified atom stereocenters. The molecule has 6 heteroatoms. The molecule has 0 aromatic heterocycles. The molecule has 0 radical (unpaired) electrons. The van der Waals surface area contributed by atoms with Gasteiger partial charge in [-0.1, -0.05) is 41.9 Å². The van der Waals surface area contributed by atoms with E-state index < -0.39 is 0 Å². The minimum atomic E-state index is -0.183. The average molecular weight is 402 g/mol. The molecular weight excluding hydrogens is 374 g/mol. The zero-order valence-corrected chi connectivity index (χ0v) is 17.3. The molecule has 3 rings (SSSR count). The third-order valence-electron chi connectivity index (χ3n) is 4.57. The van der Waals surface area contributed by atoms with Gasteiger partial charge in [0.1, 0.15) is 0 Å². The molecule has 0 atom stereocenters. The second-order valence-corrected chi connectivity index (χ2v) is 7.14. The van der Waals surface area contributed by atoms with E-state index in [1.807, 2.05) is 60.4 Å². The van der Waals surface area contributed by atoms with Crippen LogP contribution in [0.4, 0.5) is 4.79 Å². The first-order chi connectivity index (χ1) is 13.5. The first-order valence-corrected chi connectivity index (χ1v) is 9.94. The quantitative estimate of drug-likeness (QED) is 0.801. The SMILES string of the molecule is CNC(=O)NCc1ccc(Cl)c(C)c1.O=C(c1ccccc1)N1CCCCC1. The van der Waals surface area contributed by atoms with E-state index in [9.17, 15) is 9.59 Å². The minimum absolute atomic E-state index is 0.183. The van der Waals surface area contributed by atoms with Crippen LogP contribution in [0.3, 0.4) is 0 Å². The summed E-state index contributed by atoms with van der Waals surface area (Å²) in [5.41, 5.74) is 2.87. The maximum Gasteiger partial charge on any atom is 0.314 e. The third kappa shape index (κ3) is 6.89. The van der Waals surface area contributed by atoms with Gasteiger partial charge in [0.05, 0.1) is 0 Å². The van der Waals surface area contributed by atoms with Crippen LogP contribution in [-0.4, -0.2) is 37.0 Å². The molecule has 28 heavy (non-hydrogen) atoms. The second kappa shape index (κ2) is 11.3. The standard InChI is InChI=1S/C12H15NO.C10H13ClN2O/c14-12(11-7-3-1-4-8-11)13-9-5-2-6-10-13;1-7-5-8(3-4-9(7)11)6-13-10(14)12-2/h1,3-4,7-8H,2,5-6,9-10H2;3-5H,6H2,1-2H3,(H2,12,13,14). The summed E-state index contributed by atoms with van der Waals surface area (Å²) in [5, 5.41) is 5.93. The highest BCUT2D eigenvalue weighted by atomic mass is 35.5. The molecule has 2 N–H and O–H groups in total. The summed E-state index contributed by atoms with van der Waals surface area (Å²) >= 11 is 5.87. The number of piperidine rings is 1. The van der Waals surface area contributed by atoms with Crippen molar-refractivity contribution >= 4 is 23.5 Å². The predicted molar refractivity (Wildman–Crippen MR) is 114 cm³/mol. The lowest BCUT2D eigenvalue weighted by atomic mass is 10.1. The Morgan fingerprint density at radius 3 is 2.32 bits per heavy atom. The number of hydrogen-bond donors (Lipinski definition) is 2. The number of urea groups is 1. The Balaban J connectivity index is 0.000000200. The van der Waals surface area contributed by atoms with Crippen LogP contribution >= 0.6 is 11.6 Å². The molecule has 1 aliphatic heterocycles. The summed E-state index contributed by atoms with van der Waals surface area (Å²) in [7, 11) is 1.59. The molecule has 5 nitrogen and oxygen atoms in total. The van der Waals surface area contributed by atoms with E-state index in [0.717, 1.165) is 47.6 Å². The Kier molecular flexibility index (Phi) is 8.82. The molecule has 1 heterocycles.